The normalized spacial score (nSPS) is 12.3. The number of nitrogens with one attached hydrogen (secondary N) is 1. The molecule has 0 unspecified atom stereocenters. The highest BCUT2D eigenvalue weighted by Gasteiger charge is 2.26. The van der Waals surface area contributed by atoms with Gasteiger partial charge in [-0.1, -0.05) is 38.4 Å². The van der Waals surface area contributed by atoms with Crippen LogP contribution in [0.25, 0.3) is 11.0 Å². The van der Waals surface area contributed by atoms with Gasteiger partial charge < -0.3 is 9.73 Å². The van der Waals surface area contributed by atoms with Crippen molar-refractivity contribution in [2.24, 2.45) is 0 Å². The number of fused-ring (bicyclic) bond motifs is 1. The fourth-order valence-corrected chi connectivity index (χ4v) is 2.65. The van der Waals surface area contributed by atoms with Crippen LogP contribution in [0, 0.1) is 6.92 Å². The molecule has 98 valence electrons. The topological polar surface area (TPSA) is 25.2 Å². The Morgan fingerprint density at radius 2 is 1.94 bits per heavy atom. The summed E-state index contributed by atoms with van der Waals surface area (Å²) < 4.78 is 5.98. The van der Waals surface area contributed by atoms with Gasteiger partial charge in [-0.3, -0.25) is 0 Å². The Labute approximate surface area is 113 Å². The first-order valence-electron chi connectivity index (χ1n) is 6.22. The van der Waals surface area contributed by atoms with Gasteiger partial charge in [0.2, 0.25) is 0 Å². The molecule has 0 radical (unpaired) electrons. The minimum atomic E-state index is 0.0346. The zero-order valence-corrected chi connectivity index (χ0v) is 12.4. The molecular weight excluding hydrogens is 246 g/mol. The molecule has 0 spiro atoms. The zero-order valence-electron chi connectivity index (χ0n) is 11.6. The number of hydrogen-bond acceptors (Lipinski definition) is 2. The Morgan fingerprint density at radius 1 is 1.28 bits per heavy atom. The molecule has 1 heterocycles. The van der Waals surface area contributed by atoms with Gasteiger partial charge in [-0.15, -0.1) is 0 Å². The van der Waals surface area contributed by atoms with Crippen molar-refractivity contribution < 1.29 is 4.42 Å². The van der Waals surface area contributed by atoms with Gasteiger partial charge in [-0.2, -0.15) is 0 Å². The van der Waals surface area contributed by atoms with Gasteiger partial charge in [-0.05, 0) is 31.0 Å². The highest BCUT2D eigenvalue weighted by Crippen LogP contribution is 2.39. The average Bonchev–Trinajstić information content (AvgIpc) is 2.64. The van der Waals surface area contributed by atoms with Gasteiger partial charge >= 0.3 is 0 Å². The molecule has 0 saturated carbocycles. The first kappa shape index (κ1) is 13.4. The van der Waals surface area contributed by atoms with E-state index in [4.69, 9.17) is 16.0 Å². The molecule has 0 amide bonds. The maximum absolute atomic E-state index is 6.25. The van der Waals surface area contributed by atoms with Gasteiger partial charge in [0.05, 0.1) is 11.6 Å². The largest absolute Gasteiger partial charge is 0.458 e. The molecule has 18 heavy (non-hydrogen) atoms. The molecule has 1 N–H and O–H groups in total. The maximum atomic E-state index is 6.25. The number of rotatable bonds is 2. The molecule has 1 aromatic carbocycles. The van der Waals surface area contributed by atoms with Crippen LogP contribution in [0.4, 0.5) is 0 Å². The molecule has 0 saturated heterocycles. The standard InChI is InChI=1S/C15H20ClNO/c1-9-6-7-10(16)14-12(9)13(15(2,3)4)11(18-14)8-17-5/h6-7,17H,8H2,1-5H3. The number of hydrogen-bond donors (Lipinski definition) is 1. The molecule has 0 aliphatic rings. The zero-order chi connectivity index (χ0) is 13.5. The van der Waals surface area contributed by atoms with E-state index in [0.717, 1.165) is 17.9 Å². The van der Waals surface area contributed by atoms with Gasteiger partial charge in [-0.25, -0.2) is 0 Å². The summed E-state index contributed by atoms with van der Waals surface area (Å²) in [5, 5.41) is 5.01. The van der Waals surface area contributed by atoms with Crippen LogP contribution >= 0.6 is 11.6 Å². The summed E-state index contributed by atoms with van der Waals surface area (Å²) in [6.07, 6.45) is 0. The SMILES string of the molecule is CNCc1oc2c(Cl)ccc(C)c2c1C(C)(C)C. The molecule has 2 rings (SSSR count). The van der Waals surface area contributed by atoms with Gasteiger partial charge in [0.1, 0.15) is 5.76 Å². The Kier molecular flexibility index (Phi) is 3.43. The Balaban J connectivity index is 2.85. The van der Waals surface area contributed by atoms with E-state index in [0.29, 0.717) is 5.02 Å². The average molecular weight is 266 g/mol. The van der Waals surface area contributed by atoms with Crippen LogP contribution in [0.15, 0.2) is 16.5 Å². The summed E-state index contributed by atoms with van der Waals surface area (Å²) in [6.45, 7) is 9.44. The second-order valence-electron chi connectivity index (χ2n) is 5.75. The molecule has 1 aromatic heterocycles. The van der Waals surface area contributed by atoms with Crippen molar-refractivity contribution >= 4 is 22.6 Å². The molecule has 2 aromatic rings. The summed E-state index contributed by atoms with van der Waals surface area (Å²) in [5.74, 6) is 0.983. The lowest BCUT2D eigenvalue weighted by atomic mass is 9.83. The molecule has 0 bridgehead atoms. The lowest BCUT2D eigenvalue weighted by molar-refractivity contribution is 0.495. The van der Waals surface area contributed by atoms with Crippen molar-refractivity contribution in [3.05, 3.63) is 34.0 Å². The monoisotopic (exact) mass is 265 g/mol. The third kappa shape index (κ3) is 2.15. The van der Waals surface area contributed by atoms with E-state index < -0.39 is 0 Å². The Bertz CT molecular complexity index is 578. The molecule has 0 fully saturated rings. The van der Waals surface area contributed by atoms with Crippen LogP contribution in [-0.2, 0) is 12.0 Å². The number of furan rings is 1. The molecule has 0 atom stereocenters. The third-order valence-electron chi connectivity index (χ3n) is 3.16. The highest BCUT2D eigenvalue weighted by atomic mass is 35.5. The van der Waals surface area contributed by atoms with E-state index in [1.165, 1.54) is 16.5 Å². The van der Waals surface area contributed by atoms with Crippen molar-refractivity contribution in [2.45, 2.75) is 39.7 Å². The fraction of sp³-hybridized carbons (Fsp3) is 0.467. The predicted octanol–water partition coefficient (Wildman–Crippen LogP) is 4.41. The minimum absolute atomic E-state index is 0.0346. The summed E-state index contributed by atoms with van der Waals surface area (Å²) in [4.78, 5) is 0. The maximum Gasteiger partial charge on any atom is 0.153 e. The van der Waals surface area contributed by atoms with Crippen LogP contribution in [0.2, 0.25) is 5.02 Å². The fourth-order valence-electron chi connectivity index (χ4n) is 2.46. The van der Waals surface area contributed by atoms with E-state index >= 15 is 0 Å². The van der Waals surface area contributed by atoms with E-state index in [-0.39, 0.29) is 5.41 Å². The van der Waals surface area contributed by atoms with Crippen molar-refractivity contribution in [1.82, 2.24) is 5.32 Å². The summed E-state index contributed by atoms with van der Waals surface area (Å²) >= 11 is 6.25. The van der Waals surface area contributed by atoms with Crippen molar-refractivity contribution in [2.75, 3.05) is 7.05 Å². The first-order valence-corrected chi connectivity index (χ1v) is 6.59. The molecule has 0 aliphatic carbocycles. The summed E-state index contributed by atoms with van der Waals surface area (Å²) in [6, 6.07) is 3.96. The number of halogens is 1. The molecule has 2 nitrogen and oxygen atoms in total. The second kappa shape index (κ2) is 4.60. The van der Waals surface area contributed by atoms with Crippen LogP contribution in [-0.4, -0.2) is 7.05 Å². The lowest BCUT2D eigenvalue weighted by Gasteiger charge is -2.20. The van der Waals surface area contributed by atoms with Crippen molar-refractivity contribution in [1.29, 1.82) is 0 Å². The van der Waals surface area contributed by atoms with Crippen molar-refractivity contribution in [3.8, 4) is 0 Å². The Hall–Kier alpha value is -0.990. The van der Waals surface area contributed by atoms with Crippen LogP contribution in [0.5, 0.6) is 0 Å². The highest BCUT2D eigenvalue weighted by molar-refractivity contribution is 6.35. The molecule has 0 aliphatic heterocycles. The molecule has 3 heteroatoms. The van der Waals surface area contributed by atoms with Crippen molar-refractivity contribution in [3.63, 3.8) is 0 Å². The smallest absolute Gasteiger partial charge is 0.153 e. The van der Waals surface area contributed by atoms with Crippen LogP contribution in [0.1, 0.15) is 37.7 Å². The van der Waals surface area contributed by atoms with E-state index in [9.17, 15) is 0 Å². The summed E-state index contributed by atoms with van der Waals surface area (Å²) in [5.41, 5.74) is 3.32. The van der Waals surface area contributed by atoms with Gasteiger partial charge in [0.15, 0.2) is 5.58 Å². The number of benzene rings is 1. The summed E-state index contributed by atoms with van der Waals surface area (Å²) in [7, 11) is 1.92. The van der Waals surface area contributed by atoms with E-state index in [1.807, 2.05) is 13.1 Å². The van der Waals surface area contributed by atoms with Crippen LogP contribution < -0.4 is 5.32 Å². The van der Waals surface area contributed by atoms with E-state index in [2.05, 4.69) is 39.1 Å². The predicted molar refractivity (Wildman–Crippen MR) is 77.4 cm³/mol. The quantitative estimate of drug-likeness (QED) is 0.870. The Morgan fingerprint density at radius 3 is 2.50 bits per heavy atom. The van der Waals surface area contributed by atoms with Gasteiger partial charge in [0, 0.05) is 10.9 Å². The molecular formula is C15H20ClNO. The lowest BCUT2D eigenvalue weighted by Crippen LogP contribution is -2.16. The van der Waals surface area contributed by atoms with Crippen LogP contribution in [0.3, 0.4) is 0 Å². The number of aryl methyl sites for hydroxylation is 1. The van der Waals surface area contributed by atoms with Gasteiger partial charge in [0.25, 0.3) is 0 Å². The van der Waals surface area contributed by atoms with E-state index in [1.54, 1.807) is 0 Å². The first-order chi connectivity index (χ1) is 8.36. The second-order valence-corrected chi connectivity index (χ2v) is 6.16. The minimum Gasteiger partial charge on any atom is -0.458 e. The third-order valence-corrected chi connectivity index (χ3v) is 3.46.